The molecule has 3 nitrogen and oxygen atoms in total. The third-order valence-corrected chi connectivity index (χ3v) is 2.29. The summed E-state index contributed by atoms with van der Waals surface area (Å²) in [4.78, 5) is 9.87. The Morgan fingerprint density at radius 3 is 2.50 bits per heavy atom. The van der Waals surface area contributed by atoms with Crippen molar-refractivity contribution < 1.29 is 4.92 Å². The average molecular weight is 199 g/mol. The first-order valence-electron chi connectivity index (χ1n) is 5.18. The average Bonchev–Trinajstić information content (AvgIpc) is 1.98. The minimum atomic E-state index is -0.370. The highest BCUT2D eigenvalue weighted by molar-refractivity contribution is 4.96. The minimum absolute atomic E-state index is 0.187. The third kappa shape index (κ3) is 6.63. The number of unbranched alkanes of at least 4 members (excludes halogenated alkanes) is 1. The van der Waals surface area contributed by atoms with Crippen molar-refractivity contribution in [2.24, 2.45) is 5.41 Å². The minimum Gasteiger partial charge on any atom is -0.259 e. The van der Waals surface area contributed by atoms with Crippen molar-refractivity contribution in [2.45, 2.75) is 53.4 Å². The van der Waals surface area contributed by atoms with Gasteiger partial charge in [-0.05, 0) is 30.8 Å². The summed E-state index contributed by atoms with van der Waals surface area (Å²) >= 11 is 0. The van der Waals surface area contributed by atoms with Crippen molar-refractivity contribution in [1.29, 1.82) is 0 Å². The Balaban J connectivity index is 4.13. The van der Waals surface area contributed by atoms with E-state index in [0.717, 1.165) is 24.6 Å². The van der Waals surface area contributed by atoms with Crippen molar-refractivity contribution >= 4 is 0 Å². The lowest BCUT2D eigenvalue weighted by atomic mass is 9.81. The van der Waals surface area contributed by atoms with Crippen molar-refractivity contribution in [2.75, 3.05) is 0 Å². The molecule has 0 aliphatic carbocycles. The Labute approximate surface area is 86.4 Å². The topological polar surface area (TPSA) is 43.1 Å². The maximum atomic E-state index is 10.2. The summed E-state index contributed by atoms with van der Waals surface area (Å²) in [5.74, 6) is 0. The number of nitrogens with zero attached hydrogens (tertiary/aromatic N) is 1. The second kappa shape index (κ2) is 5.78. The van der Waals surface area contributed by atoms with Crippen LogP contribution in [0.2, 0.25) is 0 Å². The molecule has 0 unspecified atom stereocenters. The van der Waals surface area contributed by atoms with E-state index in [0.29, 0.717) is 0 Å². The fourth-order valence-electron chi connectivity index (χ4n) is 1.72. The number of allylic oxidation sites excluding steroid dienone is 1. The first-order valence-corrected chi connectivity index (χ1v) is 5.18. The zero-order valence-electron chi connectivity index (χ0n) is 9.67. The lowest BCUT2D eigenvalue weighted by Crippen LogP contribution is -2.12. The zero-order valence-corrected chi connectivity index (χ0v) is 9.67. The van der Waals surface area contributed by atoms with Gasteiger partial charge in [-0.15, -0.1) is 0 Å². The molecule has 0 heterocycles. The summed E-state index contributed by atoms with van der Waals surface area (Å²) in [5.41, 5.74) is 1.04. The summed E-state index contributed by atoms with van der Waals surface area (Å²) in [6.07, 6.45) is 5.44. The summed E-state index contributed by atoms with van der Waals surface area (Å²) < 4.78 is 0. The van der Waals surface area contributed by atoms with E-state index in [9.17, 15) is 10.1 Å². The van der Waals surface area contributed by atoms with Gasteiger partial charge in [-0.3, -0.25) is 10.1 Å². The molecular formula is C11H21NO2. The zero-order chi connectivity index (χ0) is 11.2. The van der Waals surface area contributed by atoms with Crippen LogP contribution in [0, 0.1) is 15.5 Å². The van der Waals surface area contributed by atoms with E-state index in [4.69, 9.17) is 0 Å². The number of rotatable bonds is 6. The molecule has 0 rings (SSSR count). The van der Waals surface area contributed by atoms with Crippen molar-refractivity contribution in [3.05, 3.63) is 21.9 Å². The van der Waals surface area contributed by atoms with E-state index in [2.05, 4.69) is 20.8 Å². The first-order chi connectivity index (χ1) is 6.37. The Bertz CT molecular complexity index is 219. The van der Waals surface area contributed by atoms with Crippen LogP contribution < -0.4 is 0 Å². The molecule has 0 fully saturated rings. The van der Waals surface area contributed by atoms with E-state index in [1.165, 1.54) is 12.8 Å². The lowest BCUT2D eigenvalue weighted by molar-refractivity contribution is -0.403. The van der Waals surface area contributed by atoms with Gasteiger partial charge < -0.3 is 0 Å². The van der Waals surface area contributed by atoms with Gasteiger partial charge in [0.2, 0.25) is 6.20 Å². The van der Waals surface area contributed by atoms with E-state index < -0.39 is 0 Å². The molecule has 0 aromatic heterocycles. The Morgan fingerprint density at radius 2 is 2.07 bits per heavy atom. The van der Waals surface area contributed by atoms with Crippen LogP contribution in [0.3, 0.4) is 0 Å². The third-order valence-electron chi connectivity index (χ3n) is 2.29. The monoisotopic (exact) mass is 199 g/mol. The molecule has 0 N–H and O–H groups in total. The van der Waals surface area contributed by atoms with Crippen molar-refractivity contribution in [3.8, 4) is 0 Å². The molecule has 0 aliphatic heterocycles. The quantitative estimate of drug-likeness (QED) is 0.482. The number of hydrogen-bond donors (Lipinski definition) is 0. The van der Waals surface area contributed by atoms with Gasteiger partial charge in [-0.1, -0.05) is 33.6 Å². The van der Waals surface area contributed by atoms with Gasteiger partial charge in [-0.25, -0.2) is 0 Å². The normalized spacial score (nSPS) is 13.0. The highest BCUT2D eigenvalue weighted by atomic mass is 16.6. The predicted molar refractivity (Wildman–Crippen MR) is 58.7 cm³/mol. The summed E-state index contributed by atoms with van der Waals surface area (Å²) in [7, 11) is 0. The van der Waals surface area contributed by atoms with Gasteiger partial charge in [0, 0.05) is 0 Å². The van der Waals surface area contributed by atoms with Gasteiger partial charge in [0.05, 0.1) is 4.92 Å². The largest absolute Gasteiger partial charge is 0.259 e. The maximum Gasteiger partial charge on any atom is 0.233 e. The molecule has 0 atom stereocenters. The number of hydrogen-bond acceptors (Lipinski definition) is 2. The predicted octanol–water partition coefficient (Wildman–Crippen LogP) is 3.77. The fourth-order valence-corrected chi connectivity index (χ4v) is 1.72. The highest BCUT2D eigenvalue weighted by Gasteiger charge is 2.18. The molecule has 0 amide bonds. The van der Waals surface area contributed by atoms with E-state index >= 15 is 0 Å². The van der Waals surface area contributed by atoms with Crippen LogP contribution in [-0.4, -0.2) is 4.92 Å². The Morgan fingerprint density at radius 1 is 1.50 bits per heavy atom. The summed E-state index contributed by atoms with van der Waals surface area (Å²) in [6, 6.07) is 0. The molecule has 3 heteroatoms. The van der Waals surface area contributed by atoms with Gasteiger partial charge in [0.15, 0.2) is 0 Å². The molecule has 0 spiro atoms. The molecule has 0 saturated heterocycles. The molecular weight excluding hydrogens is 178 g/mol. The van der Waals surface area contributed by atoms with E-state index in [-0.39, 0.29) is 10.3 Å². The van der Waals surface area contributed by atoms with Gasteiger partial charge in [-0.2, -0.15) is 0 Å². The van der Waals surface area contributed by atoms with Gasteiger partial charge >= 0.3 is 0 Å². The molecule has 0 bridgehead atoms. The van der Waals surface area contributed by atoms with Crippen molar-refractivity contribution in [3.63, 3.8) is 0 Å². The molecule has 82 valence electrons. The maximum absolute atomic E-state index is 10.2. The smallest absolute Gasteiger partial charge is 0.233 e. The molecule has 0 aliphatic rings. The van der Waals surface area contributed by atoms with E-state index in [1.807, 2.05) is 6.92 Å². The standard InChI is InChI=1S/C11H21NO2/c1-5-6-7-11(3,4)8-10(2)9-12(13)14/h9H,5-8H2,1-4H3/b10-9+. The van der Waals surface area contributed by atoms with Crippen LogP contribution in [0.1, 0.15) is 53.4 Å². The van der Waals surface area contributed by atoms with Crippen LogP contribution in [0.25, 0.3) is 0 Å². The fraction of sp³-hybridized carbons (Fsp3) is 0.818. The van der Waals surface area contributed by atoms with Crippen LogP contribution in [0.5, 0.6) is 0 Å². The summed E-state index contributed by atoms with van der Waals surface area (Å²) in [6.45, 7) is 8.33. The van der Waals surface area contributed by atoms with Gasteiger partial charge in [0.25, 0.3) is 0 Å². The second-order valence-corrected chi connectivity index (χ2v) is 4.71. The van der Waals surface area contributed by atoms with Crippen LogP contribution in [0.4, 0.5) is 0 Å². The molecule has 0 aromatic rings. The molecule has 0 aromatic carbocycles. The molecule has 0 saturated carbocycles. The SMILES string of the molecule is CCCCC(C)(C)C/C(C)=C/[N+](=O)[O-]. The van der Waals surface area contributed by atoms with Crippen LogP contribution >= 0.6 is 0 Å². The van der Waals surface area contributed by atoms with Crippen LogP contribution in [0.15, 0.2) is 11.8 Å². The second-order valence-electron chi connectivity index (χ2n) is 4.71. The first kappa shape index (κ1) is 13.1. The lowest BCUT2D eigenvalue weighted by Gasteiger charge is -2.23. The summed E-state index contributed by atoms with van der Waals surface area (Å²) in [5, 5.41) is 10.2. The van der Waals surface area contributed by atoms with Crippen LogP contribution in [-0.2, 0) is 0 Å². The van der Waals surface area contributed by atoms with E-state index in [1.54, 1.807) is 0 Å². The number of nitro groups is 1. The highest BCUT2D eigenvalue weighted by Crippen LogP contribution is 2.30. The molecule has 0 radical (unpaired) electrons. The Kier molecular flexibility index (Phi) is 5.43. The Hall–Kier alpha value is -0.860. The van der Waals surface area contributed by atoms with Gasteiger partial charge in [0.1, 0.15) is 0 Å². The molecule has 14 heavy (non-hydrogen) atoms. The van der Waals surface area contributed by atoms with Crippen molar-refractivity contribution in [1.82, 2.24) is 0 Å².